The fraction of sp³-hybridized carbons (Fsp3) is 0.267. The second-order valence-corrected chi connectivity index (χ2v) is 4.08. The zero-order valence-corrected chi connectivity index (χ0v) is 12.1. The van der Waals surface area contributed by atoms with Gasteiger partial charge >= 0.3 is 5.97 Å². The summed E-state index contributed by atoms with van der Waals surface area (Å²) in [6.45, 7) is 2.39. The van der Waals surface area contributed by atoms with Crippen LogP contribution in [0.25, 0.3) is 11.3 Å². The molecule has 1 aromatic heterocycles. The summed E-state index contributed by atoms with van der Waals surface area (Å²) in [7, 11) is 2.89. The van der Waals surface area contributed by atoms with E-state index in [9.17, 15) is 4.79 Å². The van der Waals surface area contributed by atoms with Crippen LogP contribution in [0, 0.1) is 0 Å². The fourth-order valence-corrected chi connectivity index (χ4v) is 1.81. The molecule has 0 aliphatic rings. The minimum Gasteiger partial charge on any atom is -0.497 e. The summed E-state index contributed by atoms with van der Waals surface area (Å²) in [5, 5.41) is 0. The number of nitrogens with zero attached hydrogens (tertiary/aromatic N) is 2. The van der Waals surface area contributed by atoms with Crippen LogP contribution in [0.2, 0.25) is 0 Å². The van der Waals surface area contributed by atoms with E-state index in [4.69, 9.17) is 9.47 Å². The van der Waals surface area contributed by atoms with E-state index >= 15 is 0 Å². The largest absolute Gasteiger partial charge is 0.497 e. The molecule has 1 aromatic carbocycles. The van der Waals surface area contributed by atoms with Crippen molar-refractivity contribution in [3.05, 3.63) is 36.3 Å². The number of carbonyl (C=O) groups is 1. The molecule has 0 saturated heterocycles. The van der Waals surface area contributed by atoms with Crippen LogP contribution in [-0.4, -0.2) is 36.8 Å². The van der Waals surface area contributed by atoms with E-state index in [0.29, 0.717) is 23.8 Å². The summed E-state index contributed by atoms with van der Waals surface area (Å²) in [6, 6.07) is 5.38. The first kappa shape index (κ1) is 14.8. The van der Waals surface area contributed by atoms with E-state index in [1.54, 1.807) is 25.4 Å². The number of hydrogen-bond acceptors (Lipinski definition) is 6. The Hall–Kier alpha value is -2.63. The number of ether oxygens (including phenoxy) is 3. The molecule has 0 aliphatic heterocycles. The summed E-state index contributed by atoms with van der Waals surface area (Å²) in [4.78, 5) is 19.8. The summed E-state index contributed by atoms with van der Waals surface area (Å²) >= 11 is 0. The van der Waals surface area contributed by atoms with Gasteiger partial charge in [0.25, 0.3) is 0 Å². The third kappa shape index (κ3) is 3.28. The lowest BCUT2D eigenvalue weighted by atomic mass is 10.1. The number of methoxy groups -OCH3 is 2. The van der Waals surface area contributed by atoms with E-state index < -0.39 is 5.97 Å². The molecule has 0 aliphatic carbocycles. The van der Waals surface area contributed by atoms with Gasteiger partial charge in [0, 0.05) is 11.6 Å². The zero-order chi connectivity index (χ0) is 15.2. The van der Waals surface area contributed by atoms with Crippen molar-refractivity contribution in [1.29, 1.82) is 0 Å². The molecule has 0 unspecified atom stereocenters. The standard InChI is InChI=1S/C15H16N2O4/c1-4-21-14-7-10(19-2)5-6-11(14)12-8-16-9-13(17-12)15(18)20-3/h5-9H,4H2,1-3H3. The monoisotopic (exact) mass is 288 g/mol. The van der Waals surface area contributed by atoms with Gasteiger partial charge < -0.3 is 14.2 Å². The molecule has 21 heavy (non-hydrogen) atoms. The van der Waals surface area contributed by atoms with Crippen molar-refractivity contribution in [2.75, 3.05) is 20.8 Å². The highest BCUT2D eigenvalue weighted by Gasteiger charge is 2.13. The van der Waals surface area contributed by atoms with Crippen molar-refractivity contribution in [1.82, 2.24) is 9.97 Å². The highest BCUT2D eigenvalue weighted by Crippen LogP contribution is 2.32. The lowest BCUT2D eigenvalue weighted by Crippen LogP contribution is -2.06. The lowest BCUT2D eigenvalue weighted by Gasteiger charge is -2.11. The molecule has 2 rings (SSSR count). The smallest absolute Gasteiger partial charge is 0.358 e. The zero-order valence-electron chi connectivity index (χ0n) is 12.1. The Kier molecular flexibility index (Phi) is 4.71. The van der Waals surface area contributed by atoms with Crippen LogP contribution in [0.5, 0.6) is 11.5 Å². The molecular weight excluding hydrogens is 272 g/mol. The first-order valence-corrected chi connectivity index (χ1v) is 6.41. The van der Waals surface area contributed by atoms with Gasteiger partial charge in [-0.3, -0.25) is 4.98 Å². The molecule has 0 N–H and O–H groups in total. The van der Waals surface area contributed by atoms with Crippen LogP contribution in [0.15, 0.2) is 30.6 Å². The average molecular weight is 288 g/mol. The number of carbonyl (C=O) groups excluding carboxylic acids is 1. The third-order valence-corrected chi connectivity index (χ3v) is 2.79. The van der Waals surface area contributed by atoms with Gasteiger partial charge in [0.15, 0.2) is 5.69 Å². The Morgan fingerprint density at radius 3 is 2.71 bits per heavy atom. The maximum Gasteiger partial charge on any atom is 0.358 e. The molecule has 110 valence electrons. The van der Waals surface area contributed by atoms with Crippen LogP contribution < -0.4 is 9.47 Å². The normalized spacial score (nSPS) is 10.0. The van der Waals surface area contributed by atoms with E-state index in [0.717, 1.165) is 5.56 Å². The second-order valence-electron chi connectivity index (χ2n) is 4.08. The Morgan fingerprint density at radius 1 is 1.24 bits per heavy atom. The number of esters is 1. The summed E-state index contributed by atoms with van der Waals surface area (Å²) in [5.74, 6) is 0.767. The van der Waals surface area contributed by atoms with Crippen LogP contribution in [0.1, 0.15) is 17.4 Å². The molecule has 6 nitrogen and oxygen atoms in total. The molecule has 2 aromatic rings. The second kappa shape index (κ2) is 6.69. The minimum atomic E-state index is -0.532. The summed E-state index contributed by atoms with van der Waals surface area (Å²) < 4.78 is 15.4. The van der Waals surface area contributed by atoms with E-state index in [-0.39, 0.29) is 5.69 Å². The fourth-order valence-electron chi connectivity index (χ4n) is 1.81. The lowest BCUT2D eigenvalue weighted by molar-refractivity contribution is 0.0593. The molecular formula is C15H16N2O4. The van der Waals surface area contributed by atoms with Crippen LogP contribution in [0.3, 0.4) is 0 Å². The molecule has 0 fully saturated rings. The first-order chi connectivity index (χ1) is 10.2. The van der Waals surface area contributed by atoms with Crippen LogP contribution in [-0.2, 0) is 4.74 Å². The molecule has 0 atom stereocenters. The Bertz CT molecular complexity index is 643. The molecule has 0 bridgehead atoms. The van der Waals surface area contributed by atoms with Gasteiger partial charge in [0.05, 0.1) is 38.9 Å². The van der Waals surface area contributed by atoms with E-state index in [1.165, 1.54) is 13.3 Å². The highest BCUT2D eigenvalue weighted by molar-refractivity contribution is 5.87. The number of hydrogen-bond donors (Lipinski definition) is 0. The molecule has 0 amide bonds. The predicted octanol–water partition coefficient (Wildman–Crippen LogP) is 2.34. The van der Waals surface area contributed by atoms with Gasteiger partial charge in [0.2, 0.25) is 0 Å². The van der Waals surface area contributed by atoms with Gasteiger partial charge in [-0.15, -0.1) is 0 Å². The van der Waals surface area contributed by atoms with Gasteiger partial charge in [-0.1, -0.05) is 0 Å². The van der Waals surface area contributed by atoms with Gasteiger partial charge in [0.1, 0.15) is 11.5 Å². The number of rotatable bonds is 5. The van der Waals surface area contributed by atoms with Crippen molar-refractivity contribution >= 4 is 5.97 Å². The molecule has 0 saturated carbocycles. The maximum atomic E-state index is 11.5. The van der Waals surface area contributed by atoms with Gasteiger partial charge in [-0.25, -0.2) is 9.78 Å². The van der Waals surface area contributed by atoms with E-state index in [1.807, 2.05) is 13.0 Å². The molecule has 0 spiro atoms. The van der Waals surface area contributed by atoms with Gasteiger partial charge in [-0.2, -0.15) is 0 Å². The first-order valence-electron chi connectivity index (χ1n) is 6.41. The Balaban J connectivity index is 2.47. The summed E-state index contributed by atoms with van der Waals surface area (Å²) in [5.41, 5.74) is 1.41. The SMILES string of the molecule is CCOc1cc(OC)ccc1-c1cncc(C(=O)OC)n1. The van der Waals surface area contributed by atoms with Crippen molar-refractivity contribution in [2.24, 2.45) is 0 Å². The predicted molar refractivity (Wildman–Crippen MR) is 76.5 cm³/mol. The van der Waals surface area contributed by atoms with Crippen LogP contribution >= 0.6 is 0 Å². The Labute approximate surface area is 122 Å². The number of aromatic nitrogens is 2. The Morgan fingerprint density at radius 2 is 2.05 bits per heavy atom. The van der Waals surface area contributed by atoms with E-state index in [2.05, 4.69) is 14.7 Å². The maximum absolute atomic E-state index is 11.5. The van der Waals surface area contributed by atoms with Crippen molar-refractivity contribution in [3.63, 3.8) is 0 Å². The number of benzene rings is 1. The van der Waals surface area contributed by atoms with Crippen LogP contribution in [0.4, 0.5) is 0 Å². The highest BCUT2D eigenvalue weighted by atomic mass is 16.5. The van der Waals surface area contributed by atoms with Gasteiger partial charge in [-0.05, 0) is 19.1 Å². The van der Waals surface area contributed by atoms with Crippen molar-refractivity contribution < 1.29 is 19.0 Å². The van der Waals surface area contributed by atoms with Crippen molar-refractivity contribution in [2.45, 2.75) is 6.92 Å². The quantitative estimate of drug-likeness (QED) is 0.786. The molecule has 6 heteroatoms. The topological polar surface area (TPSA) is 70.5 Å². The van der Waals surface area contributed by atoms with Crippen molar-refractivity contribution in [3.8, 4) is 22.8 Å². The molecule has 1 heterocycles. The molecule has 0 radical (unpaired) electrons. The summed E-state index contributed by atoms with van der Waals surface area (Å²) in [6.07, 6.45) is 2.93. The minimum absolute atomic E-state index is 0.147. The third-order valence-electron chi connectivity index (χ3n) is 2.79. The average Bonchev–Trinajstić information content (AvgIpc) is 2.54.